The molecular weight excluding hydrogens is 193 g/mol. The number of ether oxygens (including phenoxy) is 1. The number of aromatic nitrogens is 1. The van der Waals surface area contributed by atoms with Crippen LogP contribution in [0.3, 0.4) is 0 Å². The topological polar surface area (TPSA) is 40.6 Å². The Hall–Kier alpha value is -1.07. The zero-order valence-corrected chi connectivity index (χ0v) is 9.40. The molecule has 0 saturated heterocycles. The Morgan fingerprint density at radius 2 is 1.87 bits per heavy atom. The largest absolute Gasteiger partial charge is 0.495 e. The van der Waals surface area contributed by atoms with Gasteiger partial charge in [-0.25, -0.2) is 4.98 Å². The summed E-state index contributed by atoms with van der Waals surface area (Å²) in [7, 11) is 1.25. The van der Waals surface area contributed by atoms with Gasteiger partial charge in [0.1, 0.15) is 0 Å². The molecule has 0 aliphatic rings. The quantitative estimate of drug-likeness (QED) is 0.651. The second-order valence-electron chi connectivity index (χ2n) is 2.88. The summed E-state index contributed by atoms with van der Waals surface area (Å²) >= 11 is 0. The third kappa shape index (κ3) is 3.53. The highest BCUT2D eigenvalue weighted by atomic mass is 16.6. The van der Waals surface area contributed by atoms with Crippen LogP contribution in [-0.2, 0) is 9.31 Å². The van der Waals surface area contributed by atoms with Crippen LogP contribution in [0.5, 0.6) is 5.88 Å². The minimum atomic E-state index is -0.335. The van der Waals surface area contributed by atoms with Crippen molar-refractivity contribution in [3.05, 3.63) is 18.3 Å². The number of rotatable bonds is 6. The highest BCUT2D eigenvalue weighted by Gasteiger charge is 2.20. The van der Waals surface area contributed by atoms with Gasteiger partial charge in [-0.05, 0) is 19.9 Å². The van der Waals surface area contributed by atoms with Crippen molar-refractivity contribution in [2.75, 3.05) is 20.3 Å². The monoisotopic (exact) mass is 209 g/mol. The van der Waals surface area contributed by atoms with Gasteiger partial charge in [0.25, 0.3) is 0 Å². The smallest absolute Gasteiger partial charge is 0.481 e. The van der Waals surface area contributed by atoms with E-state index < -0.39 is 0 Å². The summed E-state index contributed by atoms with van der Waals surface area (Å²) in [6, 6.07) is 3.68. The average Bonchev–Trinajstić information content (AvgIpc) is 2.29. The van der Waals surface area contributed by atoms with Crippen LogP contribution in [-0.4, -0.2) is 32.4 Å². The van der Waals surface area contributed by atoms with Crippen LogP contribution >= 0.6 is 0 Å². The fourth-order valence-electron chi connectivity index (χ4n) is 1.20. The Labute approximate surface area is 90.7 Å². The van der Waals surface area contributed by atoms with E-state index in [4.69, 9.17) is 14.0 Å². The van der Waals surface area contributed by atoms with Gasteiger partial charge in [0.15, 0.2) is 0 Å². The number of hydrogen-bond acceptors (Lipinski definition) is 4. The predicted octanol–water partition coefficient (Wildman–Crippen LogP) is 0.858. The number of nitrogens with zero attached hydrogens (tertiary/aromatic N) is 1. The van der Waals surface area contributed by atoms with Crippen molar-refractivity contribution in [3.63, 3.8) is 0 Å². The summed E-state index contributed by atoms with van der Waals surface area (Å²) in [4.78, 5) is 4.10. The van der Waals surface area contributed by atoms with Gasteiger partial charge in [-0.2, -0.15) is 0 Å². The number of methoxy groups -OCH3 is 1. The molecule has 1 aromatic heterocycles. The SMILES string of the molecule is CCOB(OCC)c1ccc(OC)nc1. The molecule has 1 heterocycles. The molecule has 0 aliphatic heterocycles. The van der Waals surface area contributed by atoms with Gasteiger partial charge in [0.2, 0.25) is 5.88 Å². The molecule has 0 bridgehead atoms. The molecule has 1 aromatic rings. The molecular formula is C10H16BNO3. The molecule has 0 atom stereocenters. The zero-order chi connectivity index (χ0) is 11.1. The van der Waals surface area contributed by atoms with Gasteiger partial charge in [-0.15, -0.1) is 0 Å². The molecule has 82 valence electrons. The van der Waals surface area contributed by atoms with E-state index in [0.717, 1.165) is 5.46 Å². The molecule has 0 N–H and O–H groups in total. The second kappa shape index (κ2) is 6.42. The van der Waals surface area contributed by atoms with Crippen LogP contribution in [0.25, 0.3) is 0 Å². The Morgan fingerprint density at radius 1 is 1.20 bits per heavy atom. The molecule has 0 saturated carbocycles. The first-order valence-electron chi connectivity index (χ1n) is 5.05. The molecule has 0 amide bonds. The van der Waals surface area contributed by atoms with Crippen molar-refractivity contribution >= 4 is 12.6 Å². The normalized spacial score (nSPS) is 10.1. The Morgan fingerprint density at radius 3 is 2.27 bits per heavy atom. The lowest BCUT2D eigenvalue weighted by molar-refractivity contribution is 0.225. The van der Waals surface area contributed by atoms with Crippen LogP contribution in [0, 0.1) is 0 Å². The minimum Gasteiger partial charge on any atom is -0.481 e. The molecule has 0 aliphatic carbocycles. The maximum absolute atomic E-state index is 5.44. The first-order valence-corrected chi connectivity index (χ1v) is 5.05. The lowest BCUT2D eigenvalue weighted by Gasteiger charge is -2.12. The van der Waals surface area contributed by atoms with Crippen LogP contribution < -0.4 is 10.2 Å². The fraction of sp³-hybridized carbons (Fsp3) is 0.500. The van der Waals surface area contributed by atoms with Crippen molar-refractivity contribution in [2.24, 2.45) is 0 Å². The molecule has 0 aromatic carbocycles. The second-order valence-corrected chi connectivity index (χ2v) is 2.88. The van der Waals surface area contributed by atoms with E-state index in [9.17, 15) is 0 Å². The summed E-state index contributed by atoms with van der Waals surface area (Å²) in [5.41, 5.74) is 0.902. The first kappa shape index (κ1) is 12.0. The van der Waals surface area contributed by atoms with Crippen LogP contribution in [0.2, 0.25) is 0 Å². The van der Waals surface area contributed by atoms with Gasteiger partial charge in [-0.1, -0.05) is 6.07 Å². The van der Waals surface area contributed by atoms with Gasteiger partial charge >= 0.3 is 7.12 Å². The third-order valence-corrected chi connectivity index (χ3v) is 1.88. The summed E-state index contributed by atoms with van der Waals surface area (Å²) in [5, 5.41) is 0. The van der Waals surface area contributed by atoms with Crippen molar-refractivity contribution in [2.45, 2.75) is 13.8 Å². The lowest BCUT2D eigenvalue weighted by Crippen LogP contribution is -2.37. The summed E-state index contributed by atoms with van der Waals surface area (Å²) in [5.74, 6) is 0.588. The highest BCUT2D eigenvalue weighted by molar-refractivity contribution is 6.61. The van der Waals surface area contributed by atoms with Gasteiger partial charge < -0.3 is 14.0 Å². The van der Waals surface area contributed by atoms with E-state index >= 15 is 0 Å². The van der Waals surface area contributed by atoms with Crippen molar-refractivity contribution in [1.82, 2.24) is 4.98 Å². The summed E-state index contributed by atoms with van der Waals surface area (Å²) in [6.07, 6.45) is 1.70. The Balaban J connectivity index is 2.72. The zero-order valence-electron chi connectivity index (χ0n) is 9.40. The first-order chi connectivity index (χ1) is 7.31. The van der Waals surface area contributed by atoms with Gasteiger partial charge in [0.05, 0.1) is 7.11 Å². The fourth-order valence-corrected chi connectivity index (χ4v) is 1.20. The van der Waals surface area contributed by atoms with Gasteiger partial charge in [-0.3, -0.25) is 0 Å². The van der Waals surface area contributed by atoms with Crippen LogP contribution in [0.1, 0.15) is 13.8 Å². The molecule has 0 radical (unpaired) electrons. The van der Waals surface area contributed by atoms with Crippen molar-refractivity contribution in [3.8, 4) is 5.88 Å². The highest BCUT2D eigenvalue weighted by Crippen LogP contribution is 2.02. The molecule has 4 nitrogen and oxygen atoms in total. The third-order valence-electron chi connectivity index (χ3n) is 1.88. The molecule has 15 heavy (non-hydrogen) atoms. The Kier molecular flexibility index (Phi) is 5.14. The predicted molar refractivity (Wildman–Crippen MR) is 59.4 cm³/mol. The molecule has 0 fully saturated rings. The number of pyridine rings is 1. The molecule has 0 spiro atoms. The number of hydrogen-bond donors (Lipinski definition) is 0. The van der Waals surface area contributed by atoms with Crippen LogP contribution in [0.4, 0.5) is 0 Å². The maximum Gasteiger partial charge on any atom is 0.495 e. The lowest BCUT2D eigenvalue weighted by atomic mass is 9.80. The molecule has 5 heteroatoms. The van der Waals surface area contributed by atoms with E-state index in [-0.39, 0.29) is 7.12 Å². The van der Waals surface area contributed by atoms with Crippen molar-refractivity contribution < 1.29 is 14.0 Å². The summed E-state index contributed by atoms with van der Waals surface area (Å²) < 4.78 is 15.9. The van der Waals surface area contributed by atoms with E-state index in [2.05, 4.69) is 4.98 Å². The minimum absolute atomic E-state index is 0.335. The van der Waals surface area contributed by atoms with Gasteiger partial charge in [0, 0.05) is 24.9 Å². The Bertz CT molecular complexity index is 273. The van der Waals surface area contributed by atoms with E-state index in [1.807, 2.05) is 19.9 Å². The summed E-state index contributed by atoms with van der Waals surface area (Å²) in [6.45, 7) is 5.08. The average molecular weight is 209 g/mol. The van der Waals surface area contributed by atoms with E-state index in [1.54, 1.807) is 19.4 Å². The molecule has 1 rings (SSSR count). The standard InChI is InChI=1S/C10H16BNO3/c1-4-14-11(15-5-2)9-6-7-10(13-3)12-8-9/h6-8H,4-5H2,1-3H3. The maximum atomic E-state index is 5.44. The van der Waals surface area contributed by atoms with Crippen molar-refractivity contribution in [1.29, 1.82) is 0 Å². The van der Waals surface area contributed by atoms with Crippen LogP contribution in [0.15, 0.2) is 18.3 Å². The molecule has 0 unspecified atom stereocenters. The van der Waals surface area contributed by atoms with E-state index in [1.165, 1.54) is 0 Å². The van der Waals surface area contributed by atoms with E-state index in [0.29, 0.717) is 19.1 Å².